The summed E-state index contributed by atoms with van der Waals surface area (Å²) in [6.45, 7) is 5.82. The van der Waals surface area contributed by atoms with Crippen LogP contribution in [-0.4, -0.2) is 46.4 Å². The van der Waals surface area contributed by atoms with Crippen LogP contribution in [0.15, 0.2) is 53.5 Å². The van der Waals surface area contributed by atoms with Crippen molar-refractivity contribution < 1.29 is 9.47 Å². The zero-order chi connectivity index (χ0) is 20.7. The molecule has 0 atom stereocenters. The van der Waals surface area contributed by atoms with Crippen LogP contribution in [0, 0.1) is 6.92 Å². The highest BCUT2D eigenvalue weighted by atomic mass is 127. The number of methoxy groups -OCH3 is 1. The van der Waals surface area contributed by atoms with E-state index in [1.165, 1.54) is 5.56 Å². The quantitative estimate of drug-likeness (QED) is 0.168. The molecular weight excluding hydrogens is 491 g/mol. The summed E-state index contributed by atoms with van der Waals surface area (Å²) < 4.78 is 11.0. The minimum atomic E-state index is 0. The zero-order valence-corrected chi connectivity index (χ0v) is 20.6. The summed E-state index contributed by atoms with van der Waals surface area (Å²) in [5, 5.41) is 10.1. The Labute approximate surface area is 197 Å². The molecule has 3 N–H and O–H groups in total. The number of rotatable bonds is 12. The van der Waals surface area contributed by atoms with Crippen LogP contribution in [0.2, 0.25) is 0 Å². The van der Waals surface area contributed by atoms with E-state index >= 15 is 0 Å². The van der Waals surface area contributed by atoms with E-state index in [0.717, 1.165) is 48.9 Å². The first-order valence-corrected chi connectivity index (χ1v) is 10.2. The maximum atomic E-state index is 5.95. The summed E-state index contributed by atoms with van der Waals surface area (Å²) in [6.07, 6.45) is 1.87. The number of guanidine groups is 1. The number of ether oxygens (including phenoxy) is 2. The Morgan fingerprint density at radius 2 is 1.77 bits per heavy atom. The molecule has 0 aliphatic heterocycles. The Morgan fingerprint density at radius 1 is 0.967 bits per heavy atom. The van der Waals surface area contributed by atoms with Crippen LogP contribution in [0.1, 0.15) is 24.0 Å². The van der Waals surface area contributed by atoms with Crippen molar-refractivity contribution in [3.8, 4) is 5.75 Å². The largest absolute Gasteiger partial charge is 0.493 e. The van der Waals surface area contributed by atoms with Gasteiger partial charge in [0.05, 0.1) is 6.61 Å². The molecule has 0 unspecified atom stereocenters. The van der Waals surface area contributed by atoms with Gasteiger partial charge in [-0.2, -0.15) is 0 Å². The predicted octanol–water partition coefficient (Wildman–Crippen LogP) is 4.20. The monoisotopic (exact) mass is 526 g/mol. The summed E-state index contributed by atoms with van der Waals surface area (Å²) in [7, 11) is 3.49. The lowest BCUT2D eigenvalue weighted by Crippen LogP contribution is -2.37. The van der Waals surface area contributed by atoms with Crippen LogP contribution in [-0.2, 0) is 11.3 Å². The fourth-order valence-electron chi connectivity index (χ4n) is 2.81. The first-order valence-electron chi connectivity index (χ1n) is 10.2. The second kappa shape index (κ2) is 15.8. The van der Waals surface area contributed by atoms with Crippen molar-refractivity contribution >= 4 is 35.6 Å². The third-order valence-corrected chi connectivity index (χ3v) is 4.39. The molecule has 0 heterocycles. The van der Waals surface area contributed by atoms with Gasteiger partial charge in [0.2, 0.25) is 0 Å². The van der Waals surface area contributed by atoms with Gasteiger partial charge in [0.15, 0.2) is 5.96 Å². The predicted molar refractivity (Wildman–Crippen MR) is 136 cm³/mol. The molecule has 0 saturated carbocycles. The van der Waals surface area contributed by atoms with E-state index in [-0.39, 0.29) is 24.0 Å². The van der Waals surface area contributed by atoms with Gasteiger partial charge in [-0.15, -0.1) is 24.0 Å². The number of nitrogens with zero attached hydrogens (tertiary/aromatic N) is 1. The summed E-state index contributed by atoms with van der Waals surface area (Å²) >= 11 is 0. The molecule has 2 aromatic carbocycles. The number of nitrogens with one attached hydrogen (secondary N) is 3. The maximum absolute atomic E-state index is 5.95. The number of halogens is 1. The molecule has 0 radical (unpaired) electrons. The van der Waals surface area contributed by atoms with Crippen molar-refractivity contribution in [3.05, 3.63) is 59.7 Å². The van der Waals surface area contributed by atoms with Gasteiger partial charge in [0.25, 0.3) is 0 Å². The highest BCUT2D eigenvalue weighted by molar-refractivity contribution is 14.0. The highest BCUT2D eigenvalue weighted by Crippen LogP contribution is 2.20. The van der Waals surface area contributed by atoms with Crippen molar-refractivity contribution in [1.29, 1.82) is 0 Å². The van der Waals surface area contributed by atoms with Crippen LogP contribution in [0.25, 0.3) is 0 Å². The number of hydrogen-bond acceptors (Lipinski definition) is 4. The smallest absolute Gasteiger partial charge is 0.191 e. The van der Waals surface area contributed by atoms with Gasteiger partial charge in [-0.1, -0.05) is 30.3 Å². The Balaban J connectivity index is 0.00000450. The van der Waals surface area contributed by atoms with Gasteiger partial charge in [-0.3, -0.25) is 4.99 Å². The van der Waals surface area contributed by atoms with Crippen LogP contribution < -0.4 is 20.7 Å². The van der Waals surface area contributed by atoms with Gasteiger partial charge in [-0.25, -0.2) is 0 Å². The summed E-state index contributed by atoms with van der Waals surface area (Å²) in [4.78, 5) is 4.31. The van der Waals surface area contributed by atoms with E-state index in [1.807, 2.05) is 18.2 Å². The van der Waals surface area contributed by atoms with E-state index in [1.54, 1.807) is 14.2 Å². The van der Waals surface area contributed by atoms with Crippen LogP contribution in [0.3, 0.4) is 0 Å². The second-order valence-corrected chi connectivity index (χ2v) is 6.80. The fraction of sp³-hybridized carbons (Fsp3) is 0.435. The highest BCUT2D eigenvalue weighted by Gasteiger charge is 2.06. The minimum absolute atomic E-state index is 0. The van der Waals surface area contributed by atoms with E-state index in [0.29, 0.717) is 19.8 Å². The Kier molecular flexibility index (Phi) is 13.7. The maximum Gasteiger partial charge on any atom is 0.191 e. The van der Waals surface area contributed by atoms with Gasteiger partial charge >= 0.3 is 0 Å². The van der Waals surface area contributed by atoms with Gasteiger partial charge < -0.3 is 25.4 Å². The van der Waals surface area contributed by atoms with Crippen LogP contribution in [0.5, 0.6) is 5.75 Å². The SMILES string of the molecule is CN=C(NCCCNc1ccccc1)NCc1ccc(C)cc1OCCCOC.I. The van der Waals surface area contributed by atoms with Crippen molar-refractivity contribution in [1.82, 2.24) is 10.6 Å². The number of aliphatic imine (C=N–C) groups is 1. The first-order chi connectivity index (χ1) is 14.2. The normalized spacial score (nSPS) is 10.8. The standard InChI is InChI=1S/C23H34N4O2.HI/c1-19-11-12-20(22(17-19)29-16-8-15-28-3)18-27-23(24-2)26-14-7-13-25-21-9-5-4-6-10-21;/h4-6,9-12,17,25H,7-8,13-16,18H2,1-3H3,(H2,24,26,27);1H. The average Bonchev–Trinajstić information content (AvgIpc) is 2.75. The van der Waals surface area contributed by atoms with Crippen molar-refractivity contribution in [2.24, 2.45) is 4.99 Å². The third-order valence-electron chi connectivity index (χ3n) is 4.39. The van der Waals surface area contributed by atoms with E-state index in [9.17, 15) is 0 Å². The molecule has 0 aliphatic rings. The molecule has 6 nitrogen and oxygen atoms in total. The molecule has 2 rings (SSSR count). The molecule has 0 bridgehead atoms. The molecule has 30 heavy (non-hydrogen) atoms. The number of anilines is 1. The summed E-state index contributed by atoms with van der Waals surface area (Å²) in [5.41, 5.74) is 3.44. The van der Waals surface area contributed by atoms with Gasteiger partial charge in [0.1, 0.15) is 5.75 Å². The average molecular weight is 526 g/mol. The van der Waals surface area contributed by atoms with Crippen LogP contribution >= 0.6 is 24.0 Å². The van der Waals surface area contributed by atoms with Crippen LogP contribution in [0.4, 0.5) is 5.69 Å². The Hall–Kier alpha value is -2.00. The van der Waals surface area contributed by atoms with Crippen molar-refractivity contribution in [3.63, 3.8) is 0 Å². The second-order valence-electron chi connectivity index (χ2n) is 6.80. The molecule has 0 fully saturated rings. The van der Waals surface area contributed by atoms with E-state index in [4.69, 9.17) is 9.47 Å². The van der Waals surface area contributed by atoms with Crippen molar-refractivity contribution in [2.45, 2.75) is 26.3 Å². The number of hydrogen-bond donors (Lipinski definition) is 3. The Bertz CT molecular complexity index is 741. The molecule has 0 amide bonds. The first kappa shape index (κ1) is 26.0. The number of aryl methyl sites for hydroxylation is 1. The van der Waals surface area contributed by atoms with E-state index < -0.39 is 0 Å². The molecule has 0 aromatic heterocycles. The molecule has 7 heteroatoms. The number of benzene rings is 2. The fourth-order valence-corrected chi connectivity index (χ4v) is 2.81. The summed E-state index contributed by atoms with van der Waals surface area (Å²) in [5.74, 6) is 1.70. The zero-order valence-electron chi connectivity index (χ0n) is 18.2. The topological polar surface area (TPSA) is 66.9 Å². The summed E-state index contributed by atoms with van der Waals surface area (Å²) in [6, 6.07) is 16.5. The molecule has 0 saturated heterocycles. The molecule has 0 spiro atoms. The molecule has 166 valence electrons. The number of para-hydroxylation sites is 1. The molecule has 0 aliphatic carbocycles. The van der Waals surface area contributed by atoms with E-state index in [2.05, 4.69) is 58.2 Å². The molecular formula is C23H35IN4O2. The van der Waals surface area contributed by atoms with Gasteiger partial charge in [-0.05, 0) is 37.1 Å². The molecule has 2 aromatic rings. The third kappa shape index (κ3) is 10.2. The Morgan fingerprint density at radius 3 is 2.50 bits per heavy atom. The lowest BCUT2D eigenvalue weighted by atomic mass is 10.1. The lowest BCUT2D eigenvalue weighted by Gasteiger charge is -2.15. The lowest BCUT2D eigenvalue weighted by molar-refractivity contribution is 0.172. The van der Waals surface area contributed by atoms with Gasteiger partial charge in [0, 0.05) is 58.1 Å². The minimum Gasteiger partial charge on any atom is -0.493 e. The van der Waals surface area contributed by atoms with Crippen molar-refractivity contribution in [2.75, 3.05) is 45.8 Å².